The highest BCUT2D eigenvalue weighted by Gasteiger charge is 2.27. The molecule has 1 aromatic carbocycles. The van der Waals surface area contributed by atoms with Gasteiger partial charge in [0.2, 0.25) is 0 Å². The summed E-state index contributed by atoms with van der Waals surface area (Å²) in [5.41, 5.74) is 1.07. The van der Waals surface area contributed by atoms with Crippen LogP contribution in [0, 0.1) is 12.7 Å². The molecule has 0 aliphatic carbocycles. The van der Waals surface area contributed by atoms with E-state index in [1.165, 1.54) is 6.07 Å². The number of carbonyl (C=O) groups is 1. The van der Waals surface area contributed by atoms with Crippen molar-refractivity contribution in [3.8, 4) is 0 Å². The van der Waals surface area contributed by atoms with Crippen molar-refractivity contribution in [2.24, 2.45) is 0 Å². The number of hydrogen-bond donors (Lipinski definition) is 1. The van der Waals surface area contributed by atoms with Gasteiger partial charge < -0.3 is 15.0 Å². The number of aryl methyl sites for hydroxylation is 1. The number of urea groups is 1. The van der Waals surface area contributed by atoms with E-state index in [1.54, 1.807) is 24.0 Å². The first-order valence-electron chi connectivity index (χ1n) is 9.82. The molecule has 150 valence electrons. The second-order valence-electron chi connectivity index (χ2n) is 7.76. The second kappa shape index (κ2) is 8.99. The molecule has 2 aliphatic rings. The predicted molar refractivity (Wildman–Crippen MR) is 105 cm³/mol. The summed E-state index contributed by atoms with van der Waals surface area (Å²) in [6.07, 6.45) is 0.233. The quantitative estimate of drug-likeness (QED) is 0.874. The van der Waals surface area contributed by atoms with Crippen LogP contribution in [0.5, 0.6) is 0 Å². The molecule has 0 saturated carbocycles. The third kappa shape index (κ3) is 5.40. The van der Waals surface area contributed by atoms with E-state index in [2.05, 4.69) is 29.0 Å². The minimum Gasteiger partial charge on any atom is -0.374 e. The maximum Gasteiger partial charge on any atom is 0.321 e. The lowest BCUT2D eigenvalue weighted by atomic mass is 10.2. The SMILES string of the molecule is Cc1ccc(NC(=O)N2CCN(C[C@H]3CN(C(C)C)CCO3)CC2)cc1F. The lowest BCUT2D eigenvalue weighted by molar-refractivity contribution is -0.0551. The summed E-state index contributed by atoms with van der Waals surface area (Å²) in [6.45, 7) is 12.8. The summed E-state index contributed by atoms with van der Waals surface area (Å²) in [5, 5.41) is 2.79. The van der Waals surface area contributed by atoms with Crippen LogP contribution in [-0.4, -0.2) is 85.3 Å². The van der Waals surface area contributed by atoms with Crippen molar-refractivity contribution in [3.63, 3.8) is 0 Å². The molecule has 0 radical (unpaired) electrons. The molecule has 2 fully saturated rings. The van der Waals surface area contributed by atoms with Gasteiger partial charge >= 0.3 is 6.03 Å². The number of carbonyl (C=O) groups excluding carboxylic acids is 1. The van der Waals surface area contributed by atoms with Crippen LogP contribution in [0.4, 0.5) is 14.9 Å². The van der Waals surface area contributed by atoms with Crippen LogP contribution in [0.2, 0.25) is 0 Å². The molecule has 3 rings (SSSR count). The maximum atomic E-state index is 13.6. The molecule has 2 aliphatic heterocycles. The van der Waals surface area contributed by atoms with E-state index in [-0.39, 0.29) is 18.0 Å². The van der Waals surface area contributed by atoms with E-state index in [0.29, 0.717) is 30.4 Å². The van der Waals surface area contributed by atoms with Crippen LogP contribution in [0.15, 0.2) is 18.2 Å². The van der Waals surface area contributed by atoms with Gasteiger partial charge in [0, 0.05) is 57.5 Å². The van der Waals surface area contributed by atoms with E-state index in [9.17, 15) is 9.18 Å². The molecule has 0 bridgehead atoms. The van der Waals surface area contributed by atoms with Crippen LogP contribution < -0.4 is 5.32 Å². The topological polar surface area (TPSA) is 48.1 Å². The number of nitrogens with one attached hydrogen (secondary N) is 1. The molecule has 27 heavy (non-hydrogen) atoms. The van der Waals surface area contributed by atoms with Gasteiger partial charge in [-0.15, -0.1) is 0 Å². The first-order valence-corrected chi connectivity index (χ1v) is 9.82. The van der Waals surface area contributed by atoms with Crippen LogP contribution in [-0.2, 0) is 4.74 Å². The van der Waals surface area contributed by atoms with Gasteiger partial charge in [-0.25, -0.2) is 9.18 Å². The van der Waals surface area contributed by atoms with Gasteiger partial charge in [0.05, 0.1) is 12.7 Å². The average Bonchev–Trinajstić information content (AvgIpc) is 2.65. The van der Waals surface area contributed by atoms with Crippen molar-refractivity contribution < 1.29 is 13.9 Å². The molecule has 1 aromatic rings. The largest absolute Gasteiger partial charge is 0.374 e. The third-order valence-corrected chi connectivity index (χ3v) is 5.44. The summed E-state index contributed by atoms with van der Waals surface area (Å²) in [5.74, 6) is -0.305. The van der Waals surface area contributed by atoms with Crippen molar-refractivity contribution in [1.82, 2.24) is 14.7 Å². The highest BCUT2D eigenvalue weighted by molar-refractivity contribution is 5.89. The molecular weight excluding hydrogens is 347 g/mol. The Labute approximate surface area is 161 Å². The van der Waals surface area contributed by atoms with Crippen molar-refractivity contribution >= 4 is 11.7 Å². The molecule has 2 amide bonds. The van der Waals surface area contributed by atoms with Crippen LogP contribution in [0.1, 0.15) is 19.4 Å². The summed E-state index contributed by atoms with van der Waals surface area (Å²) < 4.78 is 19.6. The smallest absolute Gasteiger partial charge is 0.321 e. The minimum absolute atomic E-state index is 0.169. The number of piperazine rings is 1. The number of ether oxygens (including phenoxy) is 1. The van der Waals surface area contributed by atoms with Gasteiger partial charge in [0.15, 0.2) is 0 Å². The number of nitrogens with zero attached hydrogens (tertiary/aromatic N) is 3. The highest BCUT2D eigenvalue weighted by Crippen LogP contribution is 2.15. The Hall–Kier alpha value is -1.70. The molecule has 7 heteroatoms. The zero-order valence-corrected chi connectivity index (χ0v) is 16.6. The molecule has 2 saturated heterocycles. The minimum atomic E-state index is -0.305. The lowest BCUT2D eigenvalue weighted by Gasteiger charge is -2.40. The number of amides is 2. The molecule has 6 nitrogen and oxygen atoms in total. The van der Waals surface area contributed by atoms with Crippen molar-refractivity contribution in [2.45, 2.75) is 32.9 Å². The van der Waals surface area contributed by atoms with Gasteiger partial charge in [0.25, 0.3) is 0 Å². The van der Waals surface area contributed by atoms with Crippen LogP contribution >= 0.6 is 0 Å². The van der Waals surface area contributed by atoms with E-state index < -0.39 is 0 Å². The molecule has 2 heterocycles. The first-order chi connectivity index (χ1) is 12.9. The summed E-state index contributed by atoms with van der Waals surface area (Å²) in [6, 6.07) is 5.15. The van der Waals surface area contributed by atoms with E-state index in [0.717, 1.165) is 39.3 Å². The molecular formula is C20H31FN4O2. The zero-order valence-electron chi connectivity index (χ0n) is 16.6. The number of anilines is 1. The Morgan fingerprint density at radius 1 is 1.26 bits per heavy atom. The van der Waals surface area contributed by atoms with Crippen LogP contribution in [0.25, 0.3) is 0 Å². The number of halogens is 1. The second-order valence-corrected chi connectivity index (χ2v) is 7.76. The fourth-order valence-corrected chi connectivity index (χ4v) is 3.62. The fraction of sp³-hybridized carbons (Fsp3) is 0.650. The number of rotatable bonds is 4. The van der Waals surface area contributed by atoms with Gasteiger partial charge in [0.1, 0.15) is 5.82 Å². The predicted octanol–water partition coefficient (Wildman–Crippen LogP) is 2.39. The standard InChI is InChI=1S/C20H31FN4O2/c1-15(2)25-10-11-27-18(14-25)13-23-6-8-24(9-7-23)20(26)22-17-5-4-16(3)19(21)12-17/h4-5,12,15,18H,6-11,13-14H2,1-3H3,(H,22,26)/t18-/m0/s1. The molecule has 0 aromatic heterocycles. The zero-order chi connectivity index (χ0) is 19.4. The van der Waals surface area contributed by atoms with E-state index >= 15 is 0 Å². The summed E-state index contributed by atoms with van der Waals surface area (Å²) in [4.78, 5) is 19.0. The molecule has 1 N–H and O–H groups in total. The molecule has 0 spiro atoms. The summed E-state index contributed by atoms with van der Waals surface area (Å²) in [7, 11) is 0. The van der Waals surface area contributed by atoms with Gasteiger partial charge in [-0.3, -0.25) is 9.80 Å². The normalized spacial score (nSPS) is 22.3. The van der Waals surface area contributed by atoms with E-state index in [4.69, 9.17) is 4.74 Å². The van der Waals surface area contributed by atoms with Crippen molar-refractivity contribution in [1.29, 1.82) is 0 Å². The first kappa shape index (κ1) is 20.0. The van der Waals surface area contributed by atoms with Gasteiger partial charge in [-0.2, -0.15) is 0 Å². The Balaban J connectivity index is 1.44. The highest BCUT2D eigenvalue weighted by atomic mass is 19.1. The van der Waals surface area contributed by atoms with Crippen LogP contribution in [0.3, 0.4) is 0 Å². The monoisotopic (exact) mass is 378 g/mol. The van der Waals surface area contributed by atoms with Gasteiger partial charge in [-0.05, 0) is 38.5 Å². The lowest BCUT2D eigenvalue weighted by Crippen LogP contribution is -2.54. The molecule has 0 unspecified atom stereocenters. The van der Waals surface area contributed by atoms with Crippen molar-refractivity contribution in [3.05, 3.63) is 29.6 Å². The Bertz CT molecular complexity index is 647. The summed E-state index contributed by atoms with van der Waals surface area (Å²) >= 11 is 0. The van der Waals surface area contributed by atoms with Crippen molar-refractivity contribution in [2.75, 3.05) is 57.7 Å². The average molecular weight is 378 g/mol. The Morgan fingerprint density at radius 2 is 2.00 bits per heavy atom. The van der Waals surface area contributed by atoms with E-state index in [1.807, 2.05) is 0 Å². The third-order valence-electron chi connectivity index (χ3n) is 5.44. The number of hydrogen-bond acceptors (Lipinski definition) is 4. The Morgan fingerprint density at radius 3 is 2.67 bits per heavy atom. The number of benzene rings is 1. The maximum absolute atomic E-state index is 13.6. The Kier molecular flexibility index (Phi) is 6.68. The molecule has 1 atom stereocenters. The van der Waals surface area contributed by atoms with Gasteiger partial charge in [-0.1, -0.05) is 6.07 Å². The number of morpholine rings is 1. The fourth-order valence-electron chi connectivity index (χ4n) is 3.62.